The van der Waals surface area contributed by atoms with Gasteiger partial charge >= 0.3 is 0 Å². The van der Waals surface area contributed by atoms with Crippen molar-refractivity contribution >= 4 is 76.2 Å². The van der Waals surface area contributed by atoms with Crippen LogP contribution in [0.1, 0.15) is 0 Å². The second-order valence-electron chi connectivity index (χ2n) is 10.5. The van der Waals surface area contributed by atoms with Gasteiger partial charge < -0.3 is 8.80 Å². The maximum absolute atomic E-state index is 2.47. The molecule has 2 heteroatoms. The summed E-state index contributed by atoms with van der Waals surface area (Å²) in [6.45, 7) is 0. The van der Waals surface area contributed by atoms with Gasteiger partial charge in [0.25, 0.3) is 0 Å². The molecule has 10 aromatic rings. The highest BCUT2D eigenvalue weighted by atomic mass is 14.9. The molecule has 174 valence electrons. The van der Waals surface area contributed by atoms with Gasteiger partial charge in [-0.25, -0.2) is 0 Å². The topological polar surface area (TPSA) is 8.82 Å². The summed E-state index contributed by atoms with van der Waals surface area (Å²) in [5, 5.41) is 10.6. The van der Waals surface area contributed by atoms with E-state index in [1.165, 1.54) is 87.3 Å². The van der Waals surface area contributed by atoms with Crippen LogP contribution in [-0.2, 0) is 0 Å². The fourth-order valence-electron chi connectivity index (χ4n) is 7.32. The SMILES string of the molecule is c1ccc2c(c1)c1cccc3c4ccc(-c5cccc6c5c5cccc7c8ccccc8n6c75)cc4n2c13. The monoisotopic (exact) mass is 480 g/mol. The molecule has 0 spiro atoms. The number of hydrogen-bond donors (Lipinski definition) is 0. The number of hydrogen-bond acceptors (Lipinski definition) is 0. The molecule has 0 fully saturated rings. The van der Waals surface area contributed by atoms with Crippen molar-refractivity contribution < 1.29 is 0 Å². The smallest absolute Gasteiger partial charge is 0.0620 e. The standard InChI is InChI=1S/C36H20N2/c1-3-15-30-24(9-1)27-13-6-14-29-34-22(10-7-17-32(34)37(30)36(27)29)21-18-19-25-28-12-5-11-26-23-8-2-4-16-31(23)38(35(26)28)33(25)20-21/h1-20H. The third kappa shape index (κ3) is 2.06. The quantitative estimate of drug-likeness (QED) is 0.221. The van der Waals surface area contributed by atoms with E-state index in [1.54, 1.807) is 0 Å². The van der Waals surface area contributed by atoms with E-state index in [2.05, 4.69) is 130 Å². The molecule has 4 aromatic heterocycles. The van der Waals surface area contributed by atoms with Gasteiger partial charge in [-0.1, -0.05) is 97.1 Å². The molecule has 0 N–H and O–H groups in total. The average Bonchev–Trinajstić information content (AvgIpc) is 3.70. The first-order chi connectivity index (χ1) is 18.9. The summed E-state index contributed by atoms with van der Waals surface area (Å²) >= 11 is 0. The van der Waals surface area contributed by atoms with Crippen molar-refractivity contribution in [2.24, 2.45) is 0 Å². The van der Waals surface area contributed by atoms with Gasteiger partial charge in [-0.15, -0.1) is 0 Å². The summed E-state index contributed by atoms with van der Waals surface area (Å²) in [6.07, 6.45) is 0. The minimum Gasteiger partial charge on any atom is -0.308 e. The summed E-state index contributed by atoms with van der Waals surface area (Å²) in [6, 6.07) is 44.9. The van der Waals surface area contributed by atoms with Crippen LogP contribution in [0.5, 0.6) is 0 Å². The van der Waals surface area contributed by atoms with E-state index in [9.17, 15) is 0 Å². The van der Waals surface area contributed by atoms with E-state index in [-0.39, 0.29) is 0 Å². The van der Waals surface area contributed by atoms with Crippen LogP contribution in [0.3, 0.4) is 0 Å². The van der Waals surface area contributed by atoms with Crippen LogP contribution >= 0.6 is 0 Å². The number of aromatic nitrogens is 2. The van der Waals surface area contributed by atoms with Gasteiger partial charge in [0.15, 0.2) is 0 Å². The lowest BCUT2D eigenvalue weighted by molar-refractivity contribution is 1.37. The van der Waals surface area contributed by atoms with Crippen molar-refractivity contribution in [2.75, 3.05) is 0 Å². The number of benzene rings is 6. The van der Waals surface area contributed by atoms with E-state index >= 15 is 0 Å². The van der Waals surface area contributed by atoms with E-state index in [4.69, 9.17) is 0 Å². The maximum Gasteiger partial charge on any atom is 0.0620 e. The Morgan fingerprint density at radius 3 is 1.55 bits per heavy atom. The Balaban J connectivity index is 1.37. The molecule has 0 bridgehead atoms. The van der Waals surface area contributed by atoms with E-state index in [0.717, 1.165) is 0 Å². The van der Waals surface area contributed by atoms with Gasteiger partial charge in [0.2, 0.25) is 0 Å². The van der Waals surface area contributed by atoms with Crippen LogP contribution in [0, 0.1) is 0 Å². The van der Waals surface area contributed by atoms with Crippen LogP contribution in [0.25, 0.3) is 87.3 Å². The molecule has 0 amide bonds. The average molecular weight is 481 g/mol. The molecule has 0 radical (unpaired) electrons. The van der Waals surface area contributed by atoms with Gasteiger partial charge in [-0.2, -0.15) is 0 Å². The number of nitrogens with zero attached hydrogens (tertiary/aromatic N) is 2. The van der Waals surface area contributed by atoms with Crippen molar-refractivity contribution in [2.45, 2.75) is 0 Å². The Bertz CT molecular complexity index is 2560. The Morgan fingerprint density at radius 1 is 0.342 bits per heavy atom. The van der Waals surface area contributed by atoms with E-state index < -0.39 is 0 Å². The Kier molecular flexibility index (Phi) is 3.23. The first kappa shape index (κ1) is 19.1. The van der Waals surface area contributed by atoms with Crippen molar-refractivity contribution in [3.63, 3.8) is 0 Å². The lowest BCUT2D eigenvalue weighted by atomic mass is 9.97. The zero-order valence-electron chi connectivity index (χ0n) is 20.4. The molecule has 0 aliphatic rings. The Morgan fingerprint density at radius 2 is 0.842 bits per heavy atom. The normalized spacial score (nSPS) is 12.7. The molecule has 0 unspecified atom stereocenters. The fourth-order valence-corrected chi connectivity index (χ4v) is 7.32. The predicted octanol–water partition coefficient (Wildman–Crippen LogP) is 9.65. The van der Waals surface area contributed by atoms with E-state index in [1.807, 2.05) is 0 Å². The first-order valence-electron chi connectivity index (χ1n) is 13.2. The van der Waals surface area contributed by atoms with Crippen molar-refractivity contribution in [1.29, 1.82) is 0 Å². The van der Waals surface area contributed by atoms with Crippen LogP contribution in [0.15, 0.2) is 121 Å². The second kappa shape index (κ2) is 6.42. The molecule has 2 nitrogen and oxygen atoms in total. The fraction of sp³-hybridized carbons (Fsp3) is 0. The zero-order valence-corrected chi connectivity index (χ0v) is 20.4. The highest BCUT2D eigenvalue weighted by Gasteiger charge is 2.21. The third-order valence-electron chi connectivity index (χ3n) is 8.78. The molecule has 0 saturated heterocycles. The first-order valence-corrected chi connectivity index (χ1v) is 13.2. The zero-order chi connectivity index (χ0) is 24.5. The number of fused-ring (bicyclic) bond motifs is 12. The largest absolute Gasteiger partial charge is 0.308 e. The van der Waals surface area contributed by atoms with Crippen LogP contribution in [0.4, 0.5) is 0 Å². The third-order valence-corrected chi connectivity index (χ3v) is 8.78. The lowest BCUT2D eigenvalue weighted by Crippen LogP contribution is -1.85. The molecule has 0 saturated carbocycles. The van der Waals surface area contributed by atoms with Gasteiger partial charge in [-0.3, -0.25) is 0 Å². The second-order valence-corrected chi connectivity index (χ2v) is 10.5. The minimum atomic E-state index is 1.26. The van der Waals surface area contributed by atoms with Gasteiger partial charge in [0, 0.05) is 43.1 Å². The lowest BCUT2D eigenvalue weighted by Gasteiger charge is -2.07. The van der Waals surface area contributed by atoms with Gasteiger partial charge in [0.05, 0.1) is 33.1 Å². The maximum atomic E-state index is 2.47. The number of rotatable bonds is 1. The molecule has 6 aromatic carbocycles. The Hall–Kier alpha value is -5.08. The minimum absolute atomic E-state index is 1.26. The molecule has 38 heavy (non-hydrogen) atoms. The van der Waals surface area contributed by atoms with Crippen molar-refractivity contribution in [3.05, 3.63) is 121 Å². The highest BCUT2D eigenvalue weighted by molar-refractivity contribution is 6.27. The summed E-state index contributed by atoms with van der Waals surface area (Å²) in [4.78, 5) is 0. The van der Waals surface area contributed by atoms with Crippen molar-refractivity contribution in [3.8, 4) is 11.1 Å². The molecule has 0 aliphatic carbocycles. The van der Waals surface area contributed by atoms with Crippen LogP contribution in [-0.4, -0.2) is 8.80 Å². The molecular formula is C36H20N2. The van der Waals surface area contributed by atoms with Gasteiger partial charge in [-0.05, 0) is 35.4 Å². The summed E-state index contributed by atoms with van der Waals surface area (Å²) < 4.78 is 4.94. The van der Waals surface area contributed by atoms with E-state index in [0.29, 0.717) is 0 Å². The molecule has 0 atom stereocenters. The summed E-state index contributed by atoms with van der Waals surface area (Å²) in [5.74, 6) is 0. The molecular weight excluding hydrogens is 460 g/mol. The van der Waals surface area contributed by atoms with Crippen LogP contribution < -0.4 is 0 Å². The number of para-hydroxylation sites is 4. The van der Waals surface area contributed by atoms with Crippen LogP contribution in [0.2, 0.25) is 0 Å². The molecule has 10 rings (SSSR count). The highest BCUT2D eigenvalue weighted by Crippen LogP contribution is 2.44. The molecule has 0 aliphatic heterocycles. The molecule has 4 heterocycles. The predicted molar refractivity (Wildman–Crippen MR) is 161 cm³/mol. The summed E-state index contributed by atoms with van der Waals surface area (Å²) in [5.41, 5.74) is 10.3. The Labute approximate surface area is 217 Å². The summed E-state index contributed by atoms with van der Waals surface area (Å²) in [7, 11) is 0. The van der Waals surface area contributed by atoms with Gasteiger partial charge in [0.1, 0.15) is 0 Å². The van der Waals surface area contributed by atoms with Crippen molar-refractivity contribution in [1.82, 2.24) is 8.80 Å².